The first-order valence-electron chi connectivity index (χ1n) is 3.55. The van der Waals surface area contributed by atoms with E-state index in [1.807, 2.05) is 6.92 Å². The molecule has 10 heavy (non-hydrogen) atoms. The van der Waals surface area contributed by atoms with Gasteiger partial charge in [0.1, 0.15) is 11.9 Å². The summed E-state index contributed by atoms with van der Waals surface area (Å²) < 4.78 is 5.49. The van der Waals surface area contributed by atoms with Crippen molar-refractivity contribution in [2.45, 2.75) is 20.0 Å². The second-order valence-corrected chi connectivity index (χ2v) is 2.71. The van der Waals surface area contributed by atoms with Gasteiger partial charge < -0.3 is 4.74 Å². The van der Waals surface area contributed by atoms with Crippen molar-refractivity contribution in [3.63, 3.8) is 0 Å². The zero-order valence-electron chi connectivity index (χ0n) is 6.22. The van der Waals surface area contributed by atoms with E-state index < -0.39 is 0 Å². The van der Waals surface area contributed by atoms with Crippen LogP contribution in [0.2, 0.25) is 0 Å². The molecule has 0 N–H and O–H groups in total. The third-order valence-corrected chi connectivity index (χ3v) is 2.02. The molecule has 0 spiro atoms. The molecule has 0 bridgehead atoms. The lowest BCUT2D eigenvalue weighted by molar-refractivity contribution is 0.184. The molecule has 0 saturated carbocycles. The van der Waals surface area contributed by atoms with Gasteiger partial charge >= 0.3 is 0 Å². The molecule has 0 aromatic rings. The molecular weight excluding hydrogens is 124 g/mol. The minimum Gasteiger partial charge on any atom is -0.490 e. The standard InChI is InChI=1S/C9H10O/c1-6-8-4-3-5-9(8)7(2)10-6/h3-6H,1-2H3. The first-order chi connectivity index (χ1) is 4.79. The molecule has 52 valence electrons. The van der Waals surface area contributed by atoms with E-state index >= 15 is 0 Å². The lowest BCUT2D eigenvalue weighted by Gasteiger charge is -2.04. The first-order valence-corrected chi connectivity index (χ1v) is 3.55. The van der Waals surface area contributed by atoms with Gasteiger partial charge in [0.05, 0.1) is 0 Å². The van der Waals surface area contributed by atoms with Gasteiger partial charge in [0, 0.05) is 11.1 Å². The summed E-state index contributed by atoms with van der Waals surface area (Å²) in [4.78, 5) is 0. The average molecular weight is 134 g/mol. The lowest BCUT2D eigenvalue weighted by atomic mass is 10.1. The van der Waals surface area contributed by atoms with E-state index in [4.69, 9.17) is 4.74 Å². The molecule has 0 fully saturated rings. The van der Waals surface area contributed by atoms with Crippen LogP contribution in [0.3, 0.4) is 0 Å². The predicted molar refractivity (Wildman–Crippen MR) is 40.5 cm³/mol. The summed E-state index contributed by atoms with van der Waals surface area (Å²) in [5.41, 5.74) is 2.62. The fourth-order valence-corrected chi connectivity index (χ4v) is 1.50. The van der Waals surface area contributed by atoms with E-state index in [1.54, 1.807) is 0 Å². The van der Waals surface area contributed by atoms with Crippen LogP contribution in [0.5, 0.6) is 0 Å². The predicted octanol–water partition coefficient (Wildman–Crippen LogP) is 2.18. The van der Waals surface area contributed by atoms with E-state index in [9.17, 15) is 0 Å². The molecule has 0 aromatic heterocycles. The molecule has 0 amide bonds. The second-order valence-electron chi connectivity index (χ2n) is 2.71. The first kappa shape index (κ1) is 5.78. The van der Waals surface area contributed by atoms with Gasteiger partial charge in [-0.1, -0.05) is 18.2 Å². The van der Waals surface area contributed by atoms with Gasteiger partial charge in [-0.15, -0.1) is 0 Å². The number of ether oxygens (including phenoxy) is 1. The summed E-state index contributed by atoms with van der Waals surface area (Å²) in [7, 11) is 0. The highest BCUT2D eigenvalue weighted by molar-refractivity contribution is 5.53. The molecule has 1 unspecified atom stereocenters. The Bertz CT molecular complexity index is 256. The van der Waals surface area contributed by atoms with Gasteiger partial charge in [0.15, 0.2) is 0 Å². The molecule has 1 heterocycles. The van der Waals surface area contributed by atoms with Gasteiger partial charge in [-0.05, 0) is 13.8 Å². The second kappa shape index (κ2) is 1.75. The third kappa shape index (κ3) is 0.576. The third-order valence-electron chi connectivity index (χ3n) is 2.02. The van der Waals surface area contributed by atoms with Crippen molar-refractivity contribution in [2.24, 2.45) is 0 Å². The Morgan fingerprint density at radius 2 is 2.30 bits per heavy atom. The van der Waals surface area contributed by atoms with Crippen LogP contribution in [-0.2, 0) is 4.74 Å². The van der Waals surface area contributed by atoms with Crippen molar-refractivity contribution in [1.29, 1.82) is 0 Å². The highest BCUT2D eigenvalue weighted by atomic mass is 16.5. The Kier molecular flexibility index (Phi) is 1.01. The zero-order valence-corrected chi connectivity index (χ0v) is 6.22. The maximum absolute atomic E-state index is 5.49. The number of fused-ring (bicyclic) bond motifs is 1. The van der Waals surface area contributed by atoms with Gasteiger partial charge in [-0.3, -0.25) is 0 Å². The summed E-state index contributed by atoms with van der Waals surface area (Å²) in [6.45, 7) is 4.09. The van der Waals surface area contributed by atoms with Crippen molar-refractivity contribution in [1.82, 2.24) is 0 Å². The number of hydrogen-bond donors (Lipinski definition) is 0. The molecule has 0 saturated heterocycles. The van der Waals surface area contributed by atoms with Gasteiger partial charge in [0.25, 0.3) is 0 Å². The molecule has 2 aliphatic rings. The maximum atomic E-state index is 5.49. The smallest absolute Gasteiger partial charge is 0.121 e. The summed E-state index contributed by atoms with van der Waals surface area (Å²) >= 11 is 0. The Hall–Kier alpha value is -0.980. The van der Waals surface area contributed by atoms with Crippen LogP contribution in [0, 0.1) is 0 Å². The van der Waals surface area contributed by atoms with Crippen LogP contribution in [0.25, 0.3) is 0 Å². The van der Waals surface area contributed by atoms with E-state index in [0.717, 1.165) is 5.76 Å². The van der Waals surface area contributed by atoms with Crippen LogP contribution in [0.1, 0.15) is 13.8 Å². The Balaban J connectivity index is 2.48. The fraction of sp³-hybridized carbons (Fsp3) is 0.333. The fourth-order valence-electron chi connectivity index (χ4n) is 1.50. The normalized spacial score (nSPS) is 28.6. The molecule has 1 heteroatoms. The lowest BCUT2D eigenvalue weighted by Crippen LogP contribution is -2.00. The summed E-state index contributed by atoms with van der Waals surface area (Å²) in [6.07, 6.45) is 6.57. The van der Waals surface area contributed by atoms with E-state index in [2.05, 4.69) is 25.2 Å². The highest BCUT2D eigenvalue weighted by Crippen LogP contribution is 2.33. The molecule has 1 nitrogen and oxygen atoms in total. The minimum absolute atomic E-state index is 0.269. The zero-order chi connectivity index (χ0) is 7.14. The largest absolute Gasteiger partial charge is 0.490 e. The molecule has 2 rings (SSSR count). The summed E-state index contributed by atoms with van der Waals surface area (Å²) in [5, 5.41) is 0. The maximum Gasteiger partial charge on any atom is 0.121 e. The van der Waals surface area contributed by atoms with Crippen molar-refractivity contribution < 1.29 is 4.74 Å². The molecule has 1 atom stereocenters. The Morgan fingerprint density at radius 3 is 3.00 bits per heavy atom. The monoisotopic (exact) mass is 134 g/mol. The Morgan fingerprint density at radius 1 is 1.50 bits per heavy atom. The average Bonchev–Trinajstić information content (AvgIpc) is 2.39. The highest BCUT2D eigenvalue weighted by Gasteiger charge is 2.24. The SMILES string of the molecule is CC1=C2C=CC=C2C(C)O1. The van der Waals surface area contributed by atoms with Crippen LogP contribution in [0.4, 0.5) is 0 Å². The van der Waals surface area contributed by atoms with Crippen molar-refractivity contribution >= 4 is 0 Å². The number of allylic oxidation sites excluding steroid dienone is 4. The quantitative estimate of drug-likeness (QED) is 0.493. The minimum atomic E-state index is 0.269. The van der Waals surface area contributed by atoms with E-state index in [-0.39, 0.29) is 6.10 Å². The molecule has 1 aliphatic heterocycles. The van der Waals surface area contributed by atoms with Crippen molar-refractivity contribution in [3.05, 3.63) is 35.1 Å². The molecular formula is C9H10O. The van der Waals surface area contributed by atoms with E-state index in [0.29, 0.717) is 0 Å². The topological polar surface area (TPSA) is 9.23 Å². The Labute approximate surface area is 60.7 Å². The van der Waals surface area contributed by atoms with Crippen LogP contribution < -0.4 is 0 Å². The van der Waals surface area contributed by atoms with Gasteiger partial charge in [-0.2, -0.15) is 0 Å². The molecule has 1 aliphatic carbocycles. The molecule has 0 aromatic carbocycles. The number of rotatable bonds is 0. The van der Waals surface area contributed by atoms with Gasteiger partial charge in [0.2, 0.25) is 0 Å². The van der Waals surface area contributed by atoms with Crippen LogP contribution in [0.15, 0.2) is 35.1 Å². The van der Waals surface area contributed by atoms with E-state index in [1.165, 1.54) is 11.1 Å². The summed E-state index contributed by atoms with van der Waals surface area (Å²) in [5.74, 6) is 1.06. The van der Waals surface area contributed by atoms with Gasteiger partial charge in [-0.25, -0.2) is 0 Å². The van der Waals surface area contributed by atoms with Crippen LogP contribution in [-0.4, -0.2) is 6.10 Å². The summed E-state index contributed by atoms with van der Waals surface area (Å²) in [6, 6.07) is 0. The van der Waals surface area contributed by atoms with Crippen molar-refractivity contribution in [2.75, 3.05) is 0 Å². The van der Waals surface area contributed by atoms with Crippen LogP contribution >= 0.6 is 0 Å². The number of hydrogen-bond acceptors (Lipinski definition) is 1. The van der Waals surface area contributed by atoms with Crippen molar-refractivity contribution in [3.8, 4) is 0 Å². The molecule has 0 radical (unpaired) electrons.